The number of hydrogen-bond acceptors (Lipinski definition) is 2. The highest BCUT2D eigenvalue weighted by molar-refractivity contribution is 14.1. The Morgan fingerprint density at radius 3 is 2.71 bits per heavy atom. The van der Waals surface area contributed by atoms with Crippen LogP contribution in [0.5, 0.6) is 0 Å². The molecule has 2 rings (SSSR count). The van der Waals surface area contributed by atoms with Gasteiger partial charge < -0.3 is 10.2 Å². The number of unbranched alkanes of at least 4 members (excludes halogenated alkanes) is 2. The summed E-state index contributed by atoms with van der Waals surface area (Å²) < 4.78 is 1.00. The smallest absolute Gasteiger partial charge is 0.0992 e. The first-order valence-electron chi connectivity index (χ1n) is 9.16. The average molecular weight is 442 g/mol. The highest BCUT2D eigenvalue weighted by Crippen LogP contribution is 2.45. The van der Waals surface area contributed by atoms with E-state index in [4.69, 9.17) is 0 Å². The predicted molar refractivity (Wildman–Crippen MR) is 110 cm³/mol. The lowest BCUT2D eigenvalue weighted by molar-refractivity contribution is 0.0920. The van der Waals surface area contributed by atoms with Gasteiger partial charge in [-0.05, 0) is 85.6 Å². The molecule has 0 spiro atoms. The van der Waals surface area contributed by atoms with E-state index >= 15 is 0 Å². The second-order valence-corrected chi connectivity index (χ2v) is 8.61. The molecule has 0 radical (unpaired) electrons. The van der Waals surface area contributed by atoms with E-state index in [-0.39, 0.29) is 11.8 Å². The van der Waals surface area contributed by atoms with Gasteiger partial charge in [0.1, 0.15) is 0 Å². The lowest BCUT2D eigenvalue weighted by atomic mass is 9.68. The Hall–Kier alpha value is -0.550. The summed E-state index contributed by atoms with van der Waals surface area (Å²) in [6.07, 6.45) is 10.1. The molecule has 2 nitrogen and oxygen atoms in total. The van der Waals surface area contributed by atoms with Crippen LogP contribution in [0.25, 0.3) is 0 Å². The van der Waals surface area contributed by atoms with Crippen LogP contribution in [0, 0.1) is 17.8 Å². The van der Waals surface area contributed by atoms with E-state index in [9.17, 15) is 10.2 Å². The van der Waals surface area contributed by atoms with Crippen LogP contribution < -0.4 is 0 Å². The summed E-state index contributed by atoms with van der Waals surface area (Å²) in [6.45, 7) is 10.6. The van der Waals surface area contributed by atoms with E-state index in [1.54, 1.807) is 0 Å². The highest BCUT2D eigenvalue weighted by Gasteiger charge is 2.40. The summed E-state index contributed by atoms with van der Waals surface area (Å²) in [5.41, 5.74) is 3.61. The number of aliphatic hydroxyl groups excluding tert-OH is 2. The van der Waals surface area contributed by atoms with Gasteiger partial charge in [0.05, 0.1) is 17.8 Å². The Bertz CT molecular complexity index is 570. The Labute approximate surface area is 160 Å². The van der Waals surface area contributed by atoms with E-state index < -0.39 is 6.10 Å². The second kappa shape index (κ2) is 8.70. The zero-order chi connectivity index (χ0) is 17.9. The predicted octanol–water partition coefficient (Wildman–Crippen LogP) is 6.24. The Morgan fingerprint density at radius 2 is 2.08 bits per heavy atom. The van der Waals surface area contributed by atoms with Crippen molar-refractivity contribution in [2.75, 3.05) is 0 Å². The molecule has 134 valence electrons. The third-order valence-electron chi connectivity index (χ3n) is 5.46. The quantitative estimate of drug-likeness (QED) is 0.291. The van der Waals surface area contributed by atoms with Gasteiger partial charge in [0.15, 0.2) is 0 Å². The zero-order valence-electron chi connectivity index (χ0n) is 15.2. The molecule has 3 heteroatoms. The van der Waals surface area contributed by atoms with Crippen molar-refractivity contribution in [3.63, 3.8) is 0 Å². The number of aliphatic hydroxyl groups is 2. The summed E-state index contributed by atoms with van der Waals surface area (Å²) in [5.74, 6) is 0.555. The molecular formula is C21H31IO2. The molecule has 2 aliphatic carbocycles. The van der Waals surface area contributed by atoms with Crippen molar-refractivity contribution in [3.05, 3.63) is 44.8 Å². The van der Waals surface area contributed by atoms with Crippen LogP contribution in [0.1, 0.15) is 59.3 Å². The van der Waals surface area contributed by atoms with Crippen molar-refractivity contribution in [2.24, 2.45) is 17.8 Å². The first kappa shape index (κ1) is 19.8. The maximum Gasteiger partial charge on any atom is 0.0992 e. The van der Waals surface area contributed by atoms with Gasteiger partial charge in [-0.3, -0.25) is 0 Å². The summed E-state index contributed by atoms with van der Waals surface area (Å²) in [4.78, 5) is 0. The first-order chi connectivity index (χ1) is 11.4. The SMILES string of the molecule is C=C(C)[C@@H]1CCC(C)=C[C@H]1C1C(O)=CC(CCCCC)=C(I)C1O. The van der Waals surface area contributed by atoms with Crippen molar-refractivity contribution in [1.82, 2.24) is 0 Å². The summed E-state index contributed by atoms with van der Waals surface area (Å²) in [5, 5.41) is 21.7. The fourth-order valence-electron chi connectivity index (χ4n) is 4.05. The molecule has 0 aromatic carbocycles. The molecule has 0 aromatic heterocycles. The molecule has 2 N–H and O–H groups in total. The molecule has 2 unspecified atom stereocenters. The van der Waals surface area contributed by atoms with Crippen LogP contribution in [0.4, 0.5) is 0 Å². The molecule has 0 saturated heterocycles. The molecule has 0 fully saturated rings. The normalized spacial score (nSPS) is 30.9. The number of halogens is 1. The Morgan fingerprint density at radius 1 is 1.38 bits per heavy atom. The van der Waals surface area contributed by atoms with E-state index in [0.717, 1.165) is 40.4 Å². The van der Waals surface area contributed by atoms with E-state index in [1.165, 1.54) is 18.4 Å². The van der Waals surface area contributed by atoms with Crippen molar-refractivity contribution in [3.8, 4) is 0 Å². The average Bonchev–Trinajstić information content (AvgIpc) is 2.52. The molecular weight excluding hydrogens is 411 g/mol. The van der Waals surface area contributed by atoms with Gasteiger partial charge in [-0.25, -0.2) is 0 Å². The van der Waals surface area contributed by atoms with Crippen molar-refractivity contribution < 1.29 is 10.2 Å². The molecule has 0 aliphatic heterocycles. The van der Waals surface area contributed by atoms with E-state index in [1.807, 2.05) is 6.08 Å². The molecule has 0 bridgehead atoms. The number of rotatable bonds is 6. The lowest BCUT2D eigenvalue weighted by Crippen LogP contribution is -2.37. The van der Waals surface area contributed by atoms with Gasteiger partial charge in [-0.1, -0.05) is 43.6 Å². The molecule has 0 heterocycles. The van der Waals surface area contributed by atoms with Gasteiger partial charge in [0.25, 0.3) is 0 Å². The number of allylic oxidation sites excluding steroid dienone is 5. The maximum absolute atomic E-state index is 10.9. The minimum Gasteiger partial charge on any atom is -0.512 e. The van der Waals surface area contributed by atoms with Crippen LogP contribution in [0.2, 0.25) is 0 Å². The maximum atomic E-state index is 10.9. The third kappa shape index (κ3) is 4.34. The second-order valence-electron chi connectivity index (χ2n) is 7.45. The summed E-state index contributed by atoms with van der Waals surface area (Å²) in [7, 11) is 0. The molecule has 0 amide bonds. The van der Waals surface area contributed by atoms with Crippen LogP contribution in [0.15, 0.2) is 44.8 Å². The van der Waals surface area contributed by atoms with Crippen molar-refractivity contribution in [2.45, 2.75) is 65.4 Å². The Kier molecular flexibility index (Phi) is 7.17. The van der Waals surface area contributed by atoms with Gasteiger partial charge in [0.2, 0.25) is 0 Å². The molecule has 2 aliphatic rings. The van der Waals surface area contributed by atoms with Crippen molar-refractivity contribution >= 4 is 22.6 Å². The first-order valence-corrected chi connectivity index (χ1v) is 10.2. The lowest BCUT2D eigenvalue weighted by Gasteiger charge is -2.39. The van der Waals surface area contributed by atoms with Gasteiger partial charge in [-0.2, -0.15) is 0 Å². The minimum absolute atomic E-state index is 0.129. The van der Waals surface area contributed by atoms with E-state index in [2.05, 4.69) is 56.0 Å². The molecule has 4 atom stereocenters. The van der Waals surface area contributed by atoms with Crippen molar-refractivity contribution in [1.29, 1.82) is 0 Å². The monoisotopic (exact) mass is 442 g/mol. The zero-order valence-corrected chi connectivity index (χ0v) is 17.3. The fraction of sp³-hybridized carbons (Fsp3) is 0.619. The summed E-state index contributed by atoms with van der Waals surface area (Å²) >= 11 is 2.28. The Balaban J connectivity index is 2.27. The summed E-state index contributed by atoms with van der Waals surface area (Å²) in [6, 6.07) is 0. The van der Waals surface area contributed by atoms with Gasteiger partial charge in [-0.15, -0.1) is 0 Å². The van der Waals surface area contributed by atoms with Crippen LogP contribution in [0.3, 0.4) is 0 Å². The van der Waals surface area contributed by atoms with Gasteiger partial charge >= 0.3 is 0 Å². The van der Waals surface area contributed by atoms with Crippen LogP contribution in [-0.4, -0.2) is 16.3 Å². The highest BCUT2D eigenvalue weighted by atomic mass is 127. The van der Waals surface area contributed by atoms with Gasteiger partial charge in [0, 0.05) is 3.58 Å². The topological polar surface area (TPSA) is 40.5 Å². The molecule has 24 heavy (non-hydrogen) atoms. The fourth-order valence-corrected chi connectivity index (χ4v) is 4.86. The molecule has 0 aromatic rings. The molecule has 0 saturated carbocycles. The van der Waals surface area contributed by atoms with E-state index in [0.29, 0.717) is 11.7 Å². The standard InChI is InChI=1S/C21H31IO2/c1-5-6-7-8-15-12-18(23)19(21(24)20(15)22)17-11-14(4)9-10-16(17)13(2)3/h11-12,16-17,19,21,23-24H,2,5-10H2,1,3-4H3/t16-,17+,19?,21?/m0/s1. The largest absolute Gasteiger partial charge is 0.512 e. The number of hydrogen-bond donors (Lipinski definition) is 2. The minimum atomic E-state index is -0.610. The van der Waals surface area contributed by atoms with Crippen LogP contribution in [-0.2, 0) is 0 Å². The van der Waals surface area contributed by atoms with Crippen LogP contribution >= 0.6 is 22.6 Å². The third-order valence-corrected chi connectivity index (χ3v) is 6.79.